The quantitative estimate of drug-likeness (QED) is 0.548. The van der Waals surface area contributed by atoms with E-state index < -0.39 is 11.9 Å². The van der Waals surface area contributed by atoms with Crippen LogP contribution in [0.2, 0.25) is 0 Å². The molecule has 1 heterocycles. The molecule has 1 aliphatic heterocycles. The maximum Gasteiger partial charge on any atom is 0.338 e. The molecule has 11 nitrogen and oxygen atoms in total. The number of rotatable bonds is 2. The predicted molar refractivity (Wildman–Crippen MR) is 123 cm³/mol. The van der Waals surface area contributed by atoms with Gasteiger partial charge in [-0.15, -0.1) is 0 Å². The number of ether oxygens (including phenoxy) is 9. The Hall–Kier alpha value is -2.12. The molecule has 35 heavy (non-hydrogen) atoms. The third-order valence-electron chi connectivity index (χ3n) is 4.90. The number of methoxy groups -OCH3 is 2. The third-order valence-corrected chi connectivity index (χ3v) is 4.90. The first-order valence-corrected chi connectivity index (χ1v) is 11.5. The van der Waals surface area contributed by atoms with Gasteiger partial charge in [-0.05, 0) is 23.3 Å². The number of esters is 2. The first-order valence-electron chi connectivity index (χ1n) is 11.5. The summed E-state index contributed by atoms with van der Waals surface area (Å²) in [7, 11) is 2.50. The lowest BCUT2D eigenvalue weighted by molar-refractivity contribution is -0.0208. The zero-order valence-electron chi connectivity index (χ0n) is 20.5. The lowest BCUT2D eigenvalue weighted by Gasteiger charge is -2.15. The van der Waals surface area contributed by atoms with Crippen LogP contribution in [0, 0.1) is 0 Å². The van der Waals surface area contributed by atoms with E-state index in [-0.39, 0.29) is 24.3 Å². The van der Waals surface area contributed by atoms with Crippen molar-refractivity contribution in [1.82, 2.24) is 0 Å². The van der Waals surface area contributed by atoms with Gasteiger partial charge in [0.05, 0.1) is 118 Å². The summed E-state index contributed by atoms with van der Waals surface area (Å²) in [5.74, 6) is -1.29. The molecular weight excluding hydrogens is 464 g/mol. The zero-order valence-corrected chi connectivity index (χ0v) is 20.5. The topological polar surface area (TPSA) is 117 Å². The zero-order chi connectivity index (χ0) is 25.1. The molecule has 2 rings (SSSR count). The summed E-state index contributed by atoms with van der Waals surface area (Å²) in [5, 5.41) is 0. The molecule has 0 amide bonds. The Morgan fingerprint density at radius 1 is 0.514 bits per heavy atom. The van der Waals surface area contributed by atoms with Crippen molar-refractivity contribution in [2.75, 3.05) is 93.5 Å². The first-order chi connectivity index (χ1) is 17.2. The Balaban J connectivity index is 2.05. The third kappa shape index (κ3) is 11.4. The number of carbonyl (C=O) groups is 2. The fourth-order valence-corrected chi connectivity index (χ4v) is 3.10. The molecule has 0 aliphatic carbocycles. The minimum absolute atomic E-state index is 0.0970. The second-order valence-electron chi connectivity index (χ2n) is 7.32. The summed E-state index contributed by atoms with van der Waals surface area (Å²) in [6.45, 7) is 5.54. The minimum atomic E-state index is -0.646. The number of hydrogen-bond donors (Lipinski definition) is 0. The fourth-order valence-electron chi connectivity index (χ4n) is 3.10. The molecule has 0 N–H and O–H groups in total. The summed E-state index contributed by atoms with van der Waals surface area (Å²) in [6.07, 6.45) is 0. The molecule has 0 saturated carbocycles. The molecule has 0 radical (unpaired) electrons. The van der Waals surface area contributed by atoms with Crippen molar-refractivity contribution in [2.24, 2.45) is 0 Å². The minimum Gasteiger partial charge on any atom is -0.465 e. The van der Waals surface area contributed by atoms with Gasteiger partial charge in [-0.3, -0.25) is 0 Å². The monoisotopic (exact) mass is 500 g/mol. The van der Waals surface area contributed by atoms with Crippen LogP contribution in [-0.2, 0) is 55.8 Å². The largest absolute Gasteiger partial charge is 0.465 e. The van der Waals surface area contributed by atoms with Crippen LogP contribution in [-0.4, -0.2) is 105 Å². The summed E-state index contributed by atoms with van der Waals surface area (Å²) in [5.41, 5.74) is 1.57. The molecular formula is C24H36O11. The van der Waals surface area contributed by atoms with Crippen LogP contribution in [0.4, 0.5) is 0 Å². The van der Waals surface area contributed by atoms with Crippen molar-refractivity contribution in [1.29, 1.82) is 0 Å². The molecule has 11 heteroatoms. The van der Waals surface area contributed by atoms with Gasteiger partial charge in [-0.1, -0.05) is 0 Å². The highest BCUT2D eigenvalue weighted by atomic mass is 16.6. The SMILES string of the molecule is COC(=O)c1cc2c(cc1C(=O)OC)COCCOCCOCCOCCOCCOCCOC2. The molecule has 1 aromatic carbocycles. The van der Waals surface area contributed by atoms with Crippen LogP contribution in [0.3, 0.4) is 0 Å². The highest BCUT2D eigenvalue weighted by molar-refractivity contribution is 6.03. The van der Waals surface area contributed by atoms with Crippen molar-refractivity contribution >= 4 is 11.9 Å². The van der Waals surface area contributed by atoms with E-state index in [2.05, 4.69) is 0 Å². The van der Waals surface area contributed by atoms with Gasteiger partial charge in [0, 0.05) is 0 Å². The van der Waals surface area contributed by atoms with Gasteiger partial charge < -0.3 is 42.6 Å². The molecule has 1 aromatic rings. The van der Waals surface area contributed by atoms with Gasteiger partial charge in [0.2, 0.25) is 0 Å². The second kappa shape index (κ2) is 18.2. The highest BCUT2D eigenvalue weighted by Gasteiger charge is 2.22. The van der Waals surface area contributed by atoms with Gasteiger partial charge in [-0.25, -0.2) is 9.59 Å². The van der Waals surface area contributed by atoms with E-state index >= 15 is 0 Å². The van der Waals surface area contributed by atoms with Crippen molar-refractivity contribution in [3.63, 3.8) is 0 Å². The van der Waals surface area contributed by atoms with E-state index in [0.717, 1.165) is 0 Å². The summed E-state index contributed by atoms with van der Waals surface area (Å²) < 4.78 is 48.5. The molecule has 0 saturated heterocycles. The van der Waals surface area contributed by atoms with E-state index in [0.29, 0.717) is 90.4 Å². The number of hydrogen-bond acceptors (Lipinski definition) is 11. The first kappa shape index (κ1) is 29.1. The van der Waals surface area contributed by atoms with Crippen LogP contribution in [0.5, 0.6) is 0 Å². The van der Waals surface area contributed by atoms with Crippen molar-refractivity contribution in [3.8, 4) is 0 Å². The van der Waals surface area contributed by atoms with Crippen LogP contribution >= 0.6 is 0 Å². The average Bonchev–Trinajstić information content (AvgIpc) is 2.88. The second-order valence-corrected chi connectivity index (χ2v) is 7.32. The molecule has 0 unspecified atom stereocenters. The van der Waals surface area contributed by atoms with Gasteiger partial charge in [0.1, 0.15) is 0 Å². The van der Waals surface area contributed by atoms with E-state index in [4.69, 9.17) is 42.6 Å². The number of benzene rings is 1. The highest BCUT2D eigenvalue weighted by Crippen LogP contribution is 2.21. The number of carbonyl (C=O) groups excluding carboxylic acids is 2. The van der Waals surface area contributed by atoms with Crippen LogP contribution in [0.25, 0.3) is 0 Å². The molecule has 0 aromatic heterocycles. The standard InChI is InChI=1S/C24H36O11/c1-27-23(25)21-15-19-17-34-13-11-32-9-7-30-5-3-29-4-6-31-8-10-33-12-14-35-18-20(19)16-22(21)24(26)28-2/h15-16H,3-14,17-18H2,1-2H3. The fraction of sp³-hybridized carbons (Fsp3) is 0.667. The predicted octanol–water partition coefficient (Wildman–Crippen LogP) is 1.39. The van der Waals surface area contributed by atoms with Crippen molar-refractivity contribution < 1.29 is 52.2 Å². The van der Waals surface area contributed by atoms with Gasteiger partial charge in [-0.2, -0.15) is 0 Å². The average molecular weight is 501 g/mol. The Bertz CT molecular complexity index is 692. The van der Waals surface area contributed by atoms with Crippen LogP contribution < -0.4 is 0 Å². The Kier molecular flexibility index (Phi) is 15.1. The number of fused-ring (bicyclic) bond motifs is 1. The summed E-state index contributed by atoms with van der Waals surface area (Å²) in [4.78, 5) is 24.6. The maximum atomic E-state index is 12.3. The lowest BCUT2D eigenvalue weighted by Crippen LogP contribution is -2.16. The summed E-state index contributed by atoms with van der Waals surface area (Å²) >= 11 is 0. The molecule has 0 bridgehead atoms. The summed E-state index contributed by atoms with van der Waals surface area (Å²) in [6, 6.07) is 3.14. The van der Waals surface area contributed by atoms with E-state index in [1.807, 2.05) is 0 Å². The molecule has 198 valence electrons. The van der Waals surface area contributed by atoms with E-state index in [1.54, 1.807) is 12.1 Å². The van der Waals surface area contributed by atoms with Gasteiger partial charge >= 0.3 is 11.9 Å². The molecule has 0 spiro atoms. The van der Waals surface area contributed by atoms with Crippen LogP contribution in [0.15, 0.2) is 12.1 Å². The lowest BCUT2D eigenvalue weighted by atomic mass is 9.98. The van der Waals surface area contributed by atoms with Crippen molar-refractivity contribution in [2.45, 2.75) is 13.2 Å². The smallest absolute Gasteiger partial charge is 0.338 e. The maximum absolute atomic E-state index is 12.3. The Morgan fingerprint density at radius 3 is 1.03 bits per heavy atom. The Morgan fingerprint density at radius 2 is 0.771 bits per heavy atom. The van der Waals surface area contributed by atoms with Gasteiger partial charge in [0.25, 0.3) is 0 Å². The molecule has 1 aliphatic rings. The Labute approximate surface area is 205 Å². The van der Waals surface area contributed by atoms with Gasteiger partial charge in [0.15, 0.2) is 0 Å². The van der Waals surface area contributed by atoms with Crippen LogP contribution in [0.1, 0.15) is 31.8 Å². The van der Waals surface area contributed by atoms with E-state index in [1.165, 1.54) is 14.2 Å². The normalized spacial score (nSPS) is 18.7. The van der Waals surface area contributed by atoms with E-state index in [9.17, 15) is 9.59 Å². The van der Waals surface area contributed by atoms with Crippen molar-refractivity contribution in [3.05, 3.63) is 34.4 Å². The molecule has 0 atom stereocenters. The molecule has 0 fully saturated rings.